The van der Waals surface area contributed by atoms with Crippen LogP contribution in [0.3, 0.4) is 0 Å². The number of nitrogens with two attached hydrogens (primary N) is 1. The molecule has 0 aliphatic rings. The van der Waals surface area contributed by atoms with Crippen LogP contribution in [0.15, 0.2) is 48.7 Å². The molecule has 4 N–H and O–H groups in total. The van der Waals surface area contributed by atoms with E-state index in [1.807, 2.05) is 38.1 Å². The van der Waals surface area contributed by atoms with Gasteiger partial charge < -0.3 is 16.2 Å². The third-order valence-corrected chi connectivity index (χ3v) is 4.71. The lowest BCUT2D eigenvalue weighted by atomic mass is 10.0. The molecule has 6 heteroatoms. The summed E-state index contributed by atoms with van der Waals surface area (Å²) < 4.78 is 0. The molecule has 0 aliphatic heterocycles. The molecular weight excluding hydrogens is 360 g/mol. The minimum absolute atomic E-state index is 0.0210. The van der Waals surface area contributed by atoms with Crippen LogP contribution in [-0.4, -0.2) is 27.7 Å². The molecule has 27 heavy (non-hydrogen) atoms. The van der Waals surface area contributed by atoms with Crippen molar-refractivity contribution in [2.75, 3.05) is 11.9 Å². The average molecular weight is 383 g/mol. The van der Waals surface area contributed by atoms with Gasteiger partial charge in [0.2, 0.25) is 0 Å². The first kappa shape index (κ1) is 19.1. The fourth-order valence-corrected chi connectivity index (χ4v) is 2.95. The summed E-state index contributed by atoms with van der Waals surface area (Å²) >= 11 is 6.08. The molecule has 1 atom stereocenters. The number of aromatic nitrogens is 2. The van der Waals surface area contributed by atoms with Crippen molar-refractivity contribution in [1.82, 2.24) is 9.97 Å². The highest BCUT2D eigenvalue weighted by molar-refractivity contribution is 6.30. The number of rotatable bonds is 6. The minimum atomic E-state index is 0.0210. The van der Waals surface area contributed by atoms with E-state index in [0.29, 0.717) is 28.8 Å². The predicted octanol–water partition coefficient (Wildman–Crippen LogP) is 4.63. The lowest BCUT2D eigenvalue weighted by molar-refractivity contribution is 0.477. The van der Waals surface area contributed by atoms with Crippen LogP contribution in [0.5, 0.6) is 5.75 Å². The number of hydrogen-bond donors (Lipinski definition) is 3. The van der Waals surface area contributed by atoms with Crippen LogP contribution in [0.2, 0.25) is 5.02 Å². The van der Waals surface area contributed by atoms with Crippen LogP contribution < -0.4 is 11.1 Å². The minimum Gasteiger partial charge on any atom is -0.507 e. The van der Waals surface area contributed by atoms with E-state index in [4.69, 9.17) is 17.3 Å². The van der Waals surface area contributed by atoms with E-state index >= 15 is 0 Å². The van der Waals surface area contributed by atoms with Gasteiger partial charge in [-0.05, 0) is 42.7 Å². The molecule has 0 aliphatic carbocycles. The number of nitrogens with one attached hydrogen (secondary N) is 1. The van der Waals surface area contributed by atoms with E-state index < -0.39 is 0 Å². The number of anilines is 1. The number of hydrogen-bond acceptors (Lipinski definition) is 5. The molecule has 5 nitrogen and oxygen atoms in total. The van der Waals surface area contributed by atoms with Crippen molar-refractivity contribution < 1.29 is 5.11 Å². The summed E-state index contributed by atoms with van der Waals surface area (Å²) in [6.45, 7) is 4.69. The highest BCUT2D eigenvalue weighted by Gasteiger charge is 2.15. The Morgan fingerprint density at radius 2 is 1.93 bits per heavy atom. The molecule has 3 aromatic rings. The first-order valence-corrected chi connectivity index (χ1v) is 9.28. The van der Waals surface area contributed by atoms with Crippen molar-refractivity contribution in [3.05, 3.63) is 59.2 Å². The monoisotopic (exact) mass is 382 g/mol. The topological polar surface area (TPSA) is 84.1 Å². The molecular formula is C21H23ClN4O. The Kier molecular flexibility index (Phi) is 5.94. The second-order valence-electron chi connectivity index (χ2n) is 6.48. The summed E-state index contributed by atoms with van der Waals surface area (Å²) in [6.07, 6.45) is 2.63. The molecule has 1 heterocycles. The molecule has 0 unspecified atom stereocenters. The third-order valence-electron chi connectivity index (χ3n) is 4.48. The first-order valence-electron chi connectivity index (χ1n) is 8.91. The van der Waals surface area contributed by atoms with Gasteiger partial charge in [-0.1, -0.05) is 42.8 Å². The van der Waals surface area contributed by atoms with Crippen LogP contribution in [-0.2, 0) is 0 Å². The SMILES string of the molecule is CC[C@H](N)CNc1nc(-c2cc(Cl)ccc2O)ncc1-c1ccccc1C. The van der Waals surface area contributed by atoms with Gasteiger partial charge in [-0.3, -0.25) is 0 Å². The van der Waals surface area contributed by atoms with Crippen LogP contribution >= 0.6 is 11.6 Å². The number of halogens is 1. The number of phenolic OH excluding ortho intramolecular Hbond substituents is 1. The van der Waals surface area contributed by atoms with Crippen LogP contribution in [0.1, 0.15) is 18.9 Å². The van der Waals surface area contributed by atoms with E-state index in [9.17, 15) is 5.11 Å². The van der Waals surface area contributed by atoms with E-state index in [1.165, 1.54) is 6.07 Å². The van der Waals surface area contributed by atoms with E-state index in [0.717, 1.165) is 23.1 Å². The van der Waals surface area contributed by atoms with Crippen molar-refractivity contribution in [2.24, 2.45) is 5.73 Å². The molecule has 0 fully saturated rings. The van der Waals surface area contributed by atoms with Crippen molar-refractivity contribution in [3.63, 3.8) is 0 Å². The lowest BCUT2D eigenvalue weighted by Gasteiger charge is -2.16. The van der Waals surface area contributed by atoms with Crippen LogP contribution in [0, 0.1) is 6.92 Å². The fourth-order valence-electron chi connectivity index (χ4n) is 2.78. The molecule has 0 radical (unpaired) electrons. The highest BCUT2D eigenvalue weighted by Crippen LogP contribution is 2.34. The Bertz CT molecular complexity index is 945. The van der Waals surface area contributed by atoms with Gasteiger partial charge in [0.05, 0.1) is 5.56 Å². The normalized spacial score (nSPS) is 12.0. The third kappa shape index (κ3) is 4.38. The Morgan fingerprint density at radius 3 is 2.67 bits per heavy atom. The summed E-state index contributed by atoms with van der Waals surface area (Å²) in [6, 6.07) is 12.9. The largest absolute Gasteiger partial charge is 0.507 e. The summed E-state index contributed by atoms with van der Waals surface area (Å²) in [5.41, 5.74) is 9.62. The second-order valence-corrected chi connectivity index (χ2v) is 6.92. The fraction of sp³-hybridized carbons (Fsp3) is 0.238. The van der Waals surface area contributed by atoms with Gasteiger partial charge in [-0.25, -0.2) is 9.97 Å². The first-order chi connectivity index (χ1) is 13.0. The lowest BCUT2D eigenvalue weighted by Crippen LogP contribution is -2.28. The molecule has 3 rings (SSSR count). The van der Waals surface area contributed by atoms with Gasteiger partial charge >= 0.3 is 0 Å². The highest BCUT2D eigenvalue weighted by atomic mass is 35.5. The standard InChI is InChI=1S/C21H23ClN4O/c1-3-15(23)11-24-21-18(16-7-5-4-6-13(16)2)12-25-20(26-21)17-10-14(22)8-9-19(17)27/h4-10,12,15,27H,3,11,23H2,1-2H3,(H,24,25,26)/t15-/m0/s1. The number of benzene rings is 2. The number of nitrogens with zero attached hydrogens (tertiary/aromatic N) is 2. The Hall–Kier alpha value is -2.63. The maximum atomic E-state index is 10.2. The molecule has 0 bridgehead atoms. The average Bonchev–Trinajstić information content (AvgIpc) is 2.68. The Morgan fingerprint density at radius 1 is 1.15 bits per heavy atom. The second kappa shape index (κ2) is 8.37. The summed E-state index contributed by atoms with van der Waals surface area (Å²) in [7, 11) is 0. The number of aryl methyl sites for hydroxylation is 1. The molecule has 0 amide bonds. The van der Waals surface area contributed by atoms with Crippen LogP contribution in [0.25, 0.3) is 22.5 Å². The molecule has 140 valence electrons. The number of phenols is 1. The van der Waals surface area contributed by atoms with Gasteiger partial charge in [0.15, 0.2) is 5.82 Å². The molecule has 0 saturated heterocycles. The number of aromatic hydroxyl groups is 1. The summed E-state index contributed by atoms with van der Waals surface area (Å²) in [5.74, 6) is 1.16. The maximum Gasteiger partial charge on any atom is 0.165 e. The molecule has 1 aromatic heterocycles. The van der Waals surface area contributed by atoms with E-state index in [2.05, 4.69) is 15.3 Å². The Labute approximate surface area is 164 Å². The van der Waals surface area contributed by atoms with Crippen molar-refractivity contribution in [3.8, 4) is 28.3 Å². The van der Waals surface area contributed by atoms with Crippen LogP contribution in [0.4, 0.5) is 5.82 Å². The maximum absolute atomic E-state index is 10.2. The summed E-state index contributed by atoms with van der Waals surface area (Å²) in [4.78, 5) is 9.15. The van der Waals surface area contributed by atoms with Gasteiger partial charge in [-0.2, -0.15) is 0 Å². The molecule has 2 aromatic carbocycles. The van der Waals surface area contributed by atoms with Gasteiger partial charge in [0.25, 0.3) is 0 Å². The van der Waals surface area contributed by atoms with Gasteiger partial charge in [0, 0.05) is 29.4 Å². The van der Waals surface area contributed by atoms with E-state index in [-0.39, 0.29) is 11.8 Å². The summed E-state index contributed by atoms with van der Waals surface area (Å²) in [5, 5.41) is 14.0. The zero-order chi connectivity index (χ0) is 19.4. The zero-order valence-corrected chi connectivity index (χ0v) is 16.2. The molecule has 0 saturated carbocycles. The van der Waals surface area contributed by atoms with E-state index in [1.54, 1.807) is 18.3 Å². The van der Waals surface area contributed by atoms with Gasteiger partial charge in [-0.15, -0.1) is 0 Å². The zero-order valence-electron chi connectivity index (χ0n) is 15.4. The smallest absolute Gasteiger partial charge is 0.165 e. The van der Waals surface area contributed by atoms with Gasteiger partial charge in [0.1, 0.15) is 11.6 Å². The van der Waals surface area contributed by atoms with Crippen molar-refractivity contribution in [1.29, 1.82) is 0 Å². The van der Waals surface area contributed by atoms with Crippen molar-refractivity contribution in [2.45, 2.75) is 26.3 Å². The quantitative estimate of drug-likeness (QED) is 0.579. The predicted molar refractivity (Wildman–Crippen MR) is 111 cm³/mol. The Balaban J connectivity index is 2.09. The van der Waals surface area contributed by atoms with Crippen molar-refractivity contribution >= 4 is 17.4 Å². The molecule has 0 spiro atoms.